The number of benzene rings is 2. The van der Waals surface area contributed by atoms with E-state index in [-0.39, 0.29) is 0 Å². The van der Waals surface area contributed by atoms with Crippen molar-refractivity contribution in [3.63, 3.8) is 0 Å². The minimum Gasteiger partial charge on any atom is -0.399 e. The molecule has 0 heterocycles. The number of nitriles is 1. The Bertz CT molecular complexity index is 822. The quantitative estimate of drug-likeness (QED) is 0.359. The average molecular weight is 472 g/mol. The van der Waals surface area contributed by atoms with E-state index in [9.17, 15) is 4.79 Å². The van der Waals surface area contributed by atoms with Crippen molar-refractivity contribution in [2.24, 2.45) is 0 Å². The molecular formula is C26H41N3O3Si. The summed E-state index contributed by atoms with van der Waals surface area (Å²) < 4.78 is 10.7. The zero-order chi connectivity index (χ0) is 25.4. The molecule has 7 heteroatoms. The summed E-state index contributed by atoms with van der Waals surface area (Å²) in [5.74, 6) is 0. The lowest BCUT2D eigenvalue weighted by Gasteiger charge is -2.22. The van der Waals surface area contributed by atoms with Crippen LogP contribution in [0, 0.1) is 11.3 Å². The van der Waals surface area contributed by atoms with Crippen molar-refractivity contribution in [3.8, 4) is 6.07 Å². The van der Waals surface area contributed by atoms with Gasteiger partial charge >= 0.3 is 0 Å². The van der Waals surface area contributed by atoms with Crippen molar-refractivity contribution < 1.29 is 14.0 Å². The van der Waals surface area contributed by atoms with Gasteiger partial charge in [0.1, 0.15) is 6.29 Å². The molecule has 0 aliphatic rings. The fourth-order valence-electron chi connectivity index (χ4n) is 2.52. The summed E-state index contributed by atoms with van der Waals surface area (Å²) in [6.45, 7) is 11.9. The van der Waals surface area contributed by atoms with Gasteiger partial charge in [0.25, 0.3) is 0 Å². The van der Waals surface area contributed by atoms with Crippen LogP contribution in [0.1, 0.15) is 35.9 Å². The van der Waals surface area contributed by atoms with E-state index in [0.717, 1.165) is 42.0 Å². The van der Waals surface area contributed by atoms with Crippen LogP contribution in [0.4, 0.5) is 11.4 Å². The normalized spacial score (nSPS) is 11.0. The smallest absolute Gasteiger partial charge is 0.186 e. The Morgan fingerprint density at radius 1 is 0.879 bits per heavy atom. The van der Waals surface area contributed by atoms with Gasteiger partial charge in [0.15, 0.2) is 14.4 Å². The summed E-state index contributed by atoms with van der Waals surface area (Å²) in [5, 5.41) is 9.16. The lowest BCUT2D eigenvalue weighted by Crippen LogP contribution is -2.27. The molecule has 6 nitrogen and oxygen atoms in total. The Kier molecular flexibility index (Phi) is 14.7. The van der Waals surface area contributed by atoms with Crippen molar-refractivity contribution in [1.29, 1.82) is 5.26 Å². The highest BCUT2D eigenvalue weighted by Gasteiger charge is 2.22. The number of hydrogen-bond acceptors (Lipinski definition) is 6. The summed E-state index contributed by atoms with van der Waals surface area (Å²) in [6, 6.07) is 17.6. The molecule has 33 heavy (non-hydrogen) atoms. The van der Waals surface area contributed by atoms with Gasteiger partial charge in [-0.2, -0.15) is 5.26 Å². The van der Waals surface area contributed by atoms with Gasteiger partial charge in [-0.1, -0.05) is 12.1 Å². The van der Waals surface area contributed by atoms with E-state index in [1.165, 1.54) is 0 Å². The largest absolute Gasteiger partial charge is 0.399 e. The molecule has 0 fully saturated rings. The van der Waals surface area contributed by atoms with Gasteiger partial charge in [0.2, 0.25) is 0 Å². The number of hydrogen-bond donors (Lipinski definition) is 0. The fourth-order valence-corrected chi connectivity index (χ4v) is 3.42. The fraction of sp³-hybridized carbons (Fsp3) is 0.462. The van der Waals surface area contributed by atoms with Gasteiger partial charge in [0, 0.05) is 58.3 Å². The van der Waals surface area contributed by atoms with E-state index in [4.69, 9.17) is 14.4 Å². The summed E-state index contributed by atoms with van der Waals surface area (Å²) in [5.41, 5.74) is 3.88. The number of aldehydes is 1. The van der Waals surface area contributed by atoms with Crippen LogP contribution in [0.15, 0.2) is 48.5 Å². The first-order valence-corrected chi connectivity index (χ1v) is 14.5. The molecule has 0 saturated heterocycles. The first-order valence-electron chi connectivity index (χ1n) is 11.1. The van der Waals surface area contributed by atoms with Crippen LogP contribution in [0.5, 0.6) is 0 Å². The summed E-state index contributed by atoms with van der Waals surface area (Å²) in [4.78, 5) is 14.3. The summed E-state index contributed by atoms with van der Waals surface area (Å²) in [6.07, 6.45) is 0.400. The molecular weight excluding hydrogens is 430 g/mol. The van der Waals surface area contributed by atoms with E-state index < -0.39 is 14.4 Å². The molecule has 0 saturated carbocycles. The highest BCUT2D eigenvalue weighted by molar-refractivity contribution is 6.69. The molecule has 1 unspecified atom stereocenters. The lowest BCUT2D eigenvalue weighted by atomic mass is 10.1. The van der Waals surface area contributed by atoms with Crippen LogP contribution >= 0.6 is 0 Å². The molecule has 0 aliphatic heterocycles. The van der Waals surface area contributed by atoms with Gasteiger partial charge in [-0.05, 0) is 75.5 Å². The Balaban J connectivity index is 0.000000546. The molecule has 2 aromatic carbocycles. The minimum atomic E-state index is -1.69. The molecule has 1 atom stereocenters. The van der Waals surface area contributed by atoms with E-state index in [0.29, 0.717) is 0 Å². The summed E-state index contributed by atoms with van der Waals surface area (Å²) in [7, 11) is 6.23. The van der Waals surface area contributed by atoms with E-state index in [2.05, 4.69) is 25.7 Å². The SMILES string of the molecule is CCOCC.CN(C)c1ccc(C(C#N)O[Si](C)(C)C)cc1.CN(C)c1ccc(C=O)cc1. The average Bonchev–Trinajstić information content (AvgIpc) is 2.78. The predicted octanol–water partition coefficient (Wildman–Crippen LogP) is 5.78. The first-order chi connectivity index (χ1) is 15.5. The number of rotatable bonds is 8. The third-order valence-electron chi connectivity index (χ3n) is 4.25. The number of nitrogens with zero attached hydrogens (tertiary/aromatic N) is 3. The monoisotopic (exact) mass is 471 g/mol. The Hall–Kier alpha value is -2.66. The van der Waals surface area contributed by atoms with Gasteiger partial charge < -0.3 is 19.0 Å². The highest BCUT2D eigenvalue weighted by atomic mass is 28.4. The van der Waals surface area contributed by atoms with E-state index in [1.54, 1.807) is 0 Å². The predicted molar refractivity (Wildman–Crippen MR) is 142 cm³/mol. The molecule has 0 aromatic heterocycles. The Morgan fingerprint density at radius 2 is 1.30 bits per heavy atom. The van der Waals surface area contributed by atoms with Gasteiger partial charge in [-0.25, -0.2) is 0 Å². The van der Waals surface area contributed by atoms with Crippen LogP contribution in [-0.4, -0.2) is 56.0 Å². The van der Waals surface area contributed by atoms with Crippen LogP contribution < -0.4 is 9.80 Å². The second kappa shape index (κ2) is 16.0. The van der Waals surface area contributed by atoms with E-state index >= 15 is 0 Å². The van der Waals surface area contributed by atoms with Gasteiger partial charge in [-0.15, -0.1) is 0 Å². The van der Waals surface area contributed by atoms with Crippen LogP contribution in [0.3, 0.4) is 0 Å². The first kappa shape index (κ1) is 30.3. The number of carbonyl (C=O) groups is 1. The maximum absolute atomic E-state index is 10.3. The highest BCUT2D eigenvalue weighted by Crippen LogP contribution is 2.23. The second-order valence-corrected chi connectivity index (χ2v) is 13.1. The Morgan fingerprint density at radius 3 is 1.58 bits per heavy atom. The van der Waals surface area contributed by atoms with Crippen molar-refractivity contribution in [2.75, 3.05) is 51.2 Å². The zero-order valence-electron chi connectivity index (χ0n) is 21.8. The van der Waals surface area contributed by atoms with Crippen LogP contribution in [0.25, 0.3) is 0 Å². The van der Waals surface area contributed by atoms with Crippen molar-refractivity contribution in [1.82, 2.24) is 0 Å². The third-order valence-corrected chi connectivity index (χ3v) is 5.20. The van der Waals surface area contributed by atoms with Crippen LogP contribution in [0.2, 0.25) is 19.6 Å². The maximum Gasteiger partial charge on any atom is 0.186 e. The van der Waals surface area contributed by atoms with Gasteiger partial charge in [0.05, 0.1) is 6.07 Å². The number of anilines is 2. The Labute approximate surface area is 201 Å². The molecule has 0 amide bonds. The zero-order valence-corrected chi connectivity index (χ0v) is 22.8. The van der Waals surface area contributed by atoms with Gasteiger partial charge in [-0.3, -0.25) is 4.79 Å². The number of ether oxygens (including phenoxy) is 1. The molecule has 182 valence electrons. The lowest BCUT2D eigenvalue weighted by molar-refractivity contribution is 0.112. The topological polar surface area (TPSA) is 65.8 Å². The van der Waals surface area contributed by atoms with Crippen molar-refractivity contribution in [3.05, 3.63) is 59.7 Å². The van der Waals surface area contributed by atoms with E-state index in [1.807, 2.05) is 100 Å². The molecule has 0 spiro atoms. The molecule has 0 N–H and O–H groups in total. The molecule has 0 bridgehead atoms. The van der Waals surface area contributed by atoms with Crippen LogP contribution in [-0.2, 0) is 9.16 Å². The van der Waals surface area contributed by atoms with Crippen molar-refractivity contribution in [2.45, 2.75) is 39.6 Å². The third kappa shape index (κ3) is 13.5. The number of carbonyl (C=O) groups excluding carboxylic acids is 1. The molecule has 2 rings (SSSR count). The molecule has 0 aliphatic carbocycles. The maximum atomic E-state index is 10.3. The molecule has 2 aromatic rings. The minimum absolute atomic E-state index is 0.446. The standard InChI is InChI=1S/C13H20N2OSi.C9H11NO.C4H10O/c1-15(2)12-8-6-11(7-9-12)13(10-14)16-17(3,4)5;1-10(2)9-5-3-8(7-11)4-6-9;1-3-5-4-2/h6-9,13H,1-5H3;3-7H,1-2H3;3-4H2,1-2H3. The molecule has 0 radical (unpaired) electrons. The second-order valence-electron chi connectivity index (χ2n) is 8.61. The summed E-state index contributed by atoms with van der Waals surface area (Å²) >= 11 is 0. The van der Waals surface area contributed by atoms with Crippen molar-refractivity contribution >= 4 is 26.0 Å².